The highest BCUT2D eigenvalue weighted by molar-refractivity contribution is 5.43. The first kappa shape index (κ1) is 23.7. The second-order valence-electron chi connectivity index (χ2n) is 9.62. The minimum absolute atomic E-state index is 0.256. The van der Waals surface area contributed by atoms with Crippen LogP contribution in [0, 0.1) is 11.3 Å². The lowest BCUT2D eigenvalue weighted by molar-refractivity contribution is 0.237. The van der Waals surface area contributed by atoms with Gasteiger partial charge in [0.05, 0.1) is 11.3 Å². The van der Waals surface area contributed by atoms with Gasteiger partial charge in [-0.25, -0.2) is 4.98 Å². The Kier molecular flexibility index (Phi) is 8.74. The lowest BCUT2D eigenvalue weighted by atomic mass is 9.94. The Hall–Kier alpha value is -2.42. The molecule has 0 spiro atoms. The van der Waals surface area contributed by atoms with Gasteiger partial charge in [-0.1, -0.05) is 50.5 Å². The van der Waals surface area contributed by atoms with Gasteiger partial charge in [-0.15, -0.1) is 0 Å². The van der Waals surface area contributed by atoms with Crippen LogP contribution in [0.2, 0.25) is 0 Å². The SMILES string of the molecule is CCC(NCc1nc(NCCN2CCCCC2)ccc1C#N)c1ccc(C2CCCC2)cc1. The molecule has 0 amide bonds. The molecule has 1 saturated heterocycles. The average molecular weight is 446 g/mol. The Morgan fingerprint density at radius 2 is 1.79 bits per heavy atom. The molecular weight excluding hydrogens is 406 g/mol. The first-order valence-corrected chi connectivity index (χ1v) is 13.0. The lowest BCUT2D eigenvalue weighted by Gasteiger charge is -2.26. The van der Waals surface area contributed by atoms with Crippen molar-refractivity contribution in [3.63, 3.8) is 0 Å². The third-order valence-corrected chi connectivity index (χ3v) is 7.37. The first-order valence-electron chi connectivity index (χ1n) is 13.0. The second kappa shape index (κ2) is 12.2. The smallest absolute Gasteiger partial charge is 0.126 e. The Morgan fingerprint density at radius 1 is 1.03 bits per heavy atom. The van der Waals surface area contributed by atoms with Crippen molar-refractivity contribution >= 4 is 5.82 Å². The summed E-state index contributed by atoms with van der Waals surface area (Å²) in [6.07, 6.45) is 10.4. The molecule has 2 N–H and O–H groups in total. The molecule has 1 aliphatic carbocycles. The number of nitriles is 1. The molecule has 176 valence electrons. The predicted octanol–water partition coefficient (Wildman–Crippen LogP) is 5.75. The summed E-state index contributed by atoms with van der Waals surface area (Å²) in [4.78, 5) is 7.30. The van der Waals surface area contributed by atoms with E-state index in [2.05, 4.69) is 52.8 Å². The van der Waals surface area contributed by atoms with Crippen LogP contribution < -0.4 is 10.6 Å². The van der Waals surface area contributed by atoms with E-state index in [0.717, 1.165) is 36.9 Å². The molecule has 2 fully saturated rings. The molecule has 1 aromatic heterocycles. The molecule has 0 bridgehead atoms. The van der Waals surface area contributed by atoms with E-state index >= 15 is 0 Å². The van der Waals surface area contributed by atoms with Crippen molar-refractivity contribution in [3.8, 4) is 6.07 Å². The molecule has 1 aromatic carbocycles. The van der Waals surface area contributed by atoms with Crippen molar-refractivity contribution in [2.45, 2.75) is 76.8 Å². The zero-order valence-electron chi connectivity index (χ0n) is 20.2. The Morgan fingerprint density at radius 3 is 2.48 bits per heavy atom. The molecule has 1 aliphatic heterocycles. The Balaban J connectivity index is 1.34. The van der Waals surface area contributed by atoms with E-state index in [-0.39, 0.29) is 6.04 Å². The number of pyridine rings is 1. The van der Waals surface area contributed by atoms with E-state index < -0.39 is 0 Å². The van der Waals surface area contributed by atoms with Crippen molar-refractivity contribution < 1.29 is 0 Å². The monoisotopic (exact) mass is 445 g/mol. The van der Waals surface area contributed by atoms with Gasteiger partial charge < -0.3 is 15.5 Å². The first-order chi connectivity index (χ1) is 16.3. The third kappa shape index (κ3) is 6.56. The molecule has 5 heteroatoms. The topological polar surface area (TPSA) is 64.0 Å². The van der Waals surface area contributed by atoms with Gasteiger partial charge in [0.15, 0.2) is 0 Å². The van der Waals surface area contributed by atoms with Gasteiger partial charge in [-0.3, -0.25) is 0 Å². The van der Waals surface area contributed by atoms with Gasteiger partial charge in [-0.05, 0) is 74.4 Å². The summed E-state index contributed by atoms with van der Waals surface area (Å²) in [5, 5.41) is 16.7. The standard InChI is InChI=1S/C28H39N5/c1-2-26(24-12-10-23(11-13-24)22-8-4-5-9-22)31-21-27-25(20-29)14-15-28(32-27)30-16-19-33-17-6-3-7-18-33/h10-15,22,26,31H,2-9,16-19,21H2,1H3,(H,30,32). The summed E-state index contributed by atoms with van der Waals surface area (Å²) in [5.41, 5.74) is 4.27. The van der Waals surface area contributed by atoms with E-state index in [1.807, 2.05) is 12.1 Å². The van der Waals surface area contributed by atoms with Crippen LogP contribution in [-0.4, -0.2) is 36.1 Å². The van der Waals surface area contributed by atoms with Crippen LogP contribution in [0.25, 0.3) is 0 Å². The van der Waals surface area contributed by atoms with Gasteiger partial charge >= 0.3 is 0 Å². The maximum absolute atomic E-state index is 9.58. The maximum atomic E-state index is 9.58. The third-order valence-electron chi connectivity index (χ3n) is 7.37. The normalized spacial score (nSPS) is 18.2. The van der Waals surface area contributed by atoms with Crippen LogP contribution in [0.4, 0.5) is 5.82 Å². The molecule has 33 heavy (non-hydrogen) atoms. The summed E-state index contributed by atoms with van der Waals surface area (Å²) < 4.78 is 0. The number of rotatable bonds is 10. The van der Waals surface area contributed by atoms with Crippen LogP contribution in [0.3, 0.4) is 0 Å². The number of anilines is 1. The quantitative estimate of drug-likeness (QED) is 0.487. The van der Waals surface area contributed by atoms with Crippen LogP contribution in [0.1, 0.15) is 92.6 Å². The van der Waals surface area contributed by atoms with Crippen molar-refractivity contribution in [1.82, 2.24) is 15.2 Å². The summed E-state index contributed by atoms with van der Waals surface area (Å²) in [6.45, 7) is 7.14. The van der Waals surface area contributed by atoms with Crippen molar-refractivity contribution in [3.05, 3.63) is 58.8 Å². The number of aromatic nitrogens is 1. The predicted molar refractivity (Wildman–Crippen MR) is 135 cm³/mol. The van der Waals surface area contributed by atoms with Crippen molar-refractivity contribution in [2.75, 3.05) is 31.5 Å². The van der Waals surface area contributed by atoms with E-state index in [1.54, 1.807) is 0 Å². The molecule has 1 unspecified atom stereocenters. The second-order valence-corrected chi connectivity index (χ2v) is 9.62. The molecule has 2 aromatic rings. The fourth-order valence-electron chi connectivity index (χ4n) is 5.34. The van der Waals surface area contributed by atoms with Crippen LogP contribution in [0.5, 0.6) is 0 Å². The zero-order valence-corrected chi connectivity index (χ0v) is 20.2. The molecular formula is C28H39N5. The van der Waals surface area contributed by atoms with E-state index in [4.69, 9.17) is 4.98 Å². The van der Waals surface area contributed by atoms with E-state index in [1.165, 1.54) is 69.2 Å². The number of nitrogens with zero attached hydrogens (tertiary/aromatic N) is 3. The minimum atomic E-state index is 0.256. The lowest BCUT2D eigenvalue weighted by Crippen LogP contribution is -2.33. The molecule has 2 aliphatic rings. The molecule has 0 radical (unpaired) electrons. The molecule has 4 rings (SSSR count). The fraction of sp³-hybridized carbons (Fsp3) is 0.571. The van der Waals surface area contributed by atoms with E-state index in [0.29, 0.717) is 12.1 Å². The molecule has 1 saturated carbocycles. The van der Waals surface area contributed by atoms with E-state index in [9.17, 15) is 5.26 Å². The summed E-state index contributed by atoms with van der Waals surface area (Å²) in [5.74, 6) is 1.61. The van der Waals surface area contributed by atoms with Crippen molar-refractivity contribution in [1.29, 1.82) is 5.26 Å². The largest absolute Gasteiger partial charge is 0.369 e. The van der Waals surface area contributed by atoms with Gasteiger partial charge in [0.1, 0.15) is 11.9 Å². The molecule has 5 nitrogen and oxygen atoms in total. The number of piperidine rings is 1. The number of nitrogens with one attached hydrogen (secondary N) is 2. The van der Waals surface area contributed by atoms with Crippen LogP contribution in [0.15, 0.2) is 36.4 Å². The van der Waals surface area contributed by atoms with Crippen LogP contribution >= 0.6 is 0 Å². The summed E-state index contributed by atoms with van der Waals surface area (Å²) in [6, 6.07) is 15.6. The Labute approximate surface area is 199 Å². The van der Waals surface area contributed by atoms with Gasteiger partial charge in [0.2, 0.25) is 0 Å². The number of hydrogen-bond donors (Lipinski definition) is 2. The Bertz CT molecular complexity index is 905. The maximum Gasteiger partial charge on any atom is 0.126 e. The molecule has 1 atom stereocenters. The number of benzene rings is 1. The van der Waals surface area contributed by atoms with Gasteiger partial charge in [-0.2, -0.15) is 5.26 Å². The molecule has 2 heterocycles. The fourth-order valence-corrected chi connectivity index (χ4v) is 5.34. The number of hydrogen-bond acceptors (Lipinski definition) is 5. The summed E-state index contributed by atoms with van der Waals surface area (Å²) in [7, 11) is 0. The zero-order chi connectivity index (χ0) is 22.9. The summed E-state index contributed by atoms with van der Waals surface area (Å²) >= 11 is 0. The highest BCUT2D eigenvalue weighted by Gasteiger charge is 2.18. The highest BCUT2D eigenvalue weighted by atomic mass is 15.1. The van der Waals surface area contributed by atoms with Crippen LogP contribution in [-0.2, 0) is 6.54 Å². The number of likely N-dealkylation sites (tertiary alicyclic amines) is 1. The van der Waals surface area contributed by atoms with Gasteiger partial charge in [0.25, 0.3) is 0 Å². The van der Waals surface area contributed by atoms with Gasteiger partial charge in [0, 0.05) is 25.7 Å². The average Bonchev–Trinajstić information content (AvgIpc) is 3.41. The highest BCUT2D eigenvalue weighted by Crippen LogP contribution is 2.34. The minimum Gasteiger partial charge on any atom is -0.369 e. The van der Waals surface area contributed by atoms with Crippen molar-refractivity contribution in [2.24, 2.45) is 0 Å².